The van der Waals surface area contributed by atoms with E-state index in [2.05, 4.69) is 15.2 Å². The number of rotatable bonds is 8. The van der Waals surface area contributed by atoms with Crippen LogP contribution in [0.1, 0.15) is 30.0 Å². The molecule has 2 aromatic carbocycles. The van der Waals surface area contributed by atoms with E-state index in [1.54, 1.807) is 18.2 Å². The predicted molar refractivity (Wildman–Crippen MR) is 127 cm³/mol. The first-order valence-corrected chi connectivity index (χ1v) is 11.5. The lowest BCUT2D eigenvalue weighted by Crippen LogP contribution is -2.43. The van der Waals surface area contributed by atoms with Gasteiger partial charge in [-0.05, 0) is 61.8 Å². The summed E-state index contributed by atoms with van der Waals surface area (Å²) >= 11 is 6.02. The fourth-order valence-electron chi connectivity index (χ4n) is 4.10. The van der Waals surface area contributed by atoms with Crippen LogP contribution >= 0.6 is 11.6 Å². The van der Waals surface area contributed by atoms with Crippen molar-refractivity contribution < 1.29 is 13.9 Å². The third kappa shape index (κ3) is 6.30. The Bertz CT molecular complexity index is 1040. The van der Waals surface area contributed by atoms with E-state index in [0.29, 0.717) is 17.2 Å². The second-order valence-electron chi connectivity index (χ2n) is 8.17. The third-order valence-corrected chi connectivity index (χ3v) is 6.23. The van der Waals surface area contributed by atoms with E-state index in [1.165, 1.54) is 12.4 Å². The van der Waals surface area contributed by atoms with E-state index in [0.717, 1.165) is 43.8 Å². The highest BCUT2D eigenvalue weighted by atomic mass is 35.5. The van der Waals surface area contributed by atoms with Crippen LogP contribution < -0.4 is 10.1 Å². The van der Waals surface area contributed by atoms with Gasteiger partial charge in [0.1, 0.15) is 18.2 Å². The summed E-state index contributed by atoms with van der Waals surface area (Å²) in [6, 6.07) is 17.9. The molecule has 1 aromatic heterocycles. The standard InChI is InChI=1S/C26H27ClFN3O2/c27-21-8-6-19(7-9-21)25(23-10-13-29-18-24(23)28)30-26(32)20-11-14-31(15-12-20)16-17-33-22-4-2-1-3-5-22/h1-10,13,18,20,25H,11-12,14-17H2,(H,30,32)/t25-/m1/s1. The smallest absolute Gasteiger partial charge is 0.223 e. The van der Waals surface area contributed by atoms with Gasteiger partial charge in [0.25, 0.3) is 0 Å². The number of amides is 1. The maximum Gasteiger partial charge on any atom is 0.223 e. The van der Waals surface area contributed by atoms with E-state index in [4.69, 9.17) is 16.3 Å². The summed E-state index contributed by atoms with van der Waals surface area (Å²) in [5.74, 6) is 0.233. The molecular formula is C26H27ClFN3O2. The average Bonchev–Trinajstić information content (AvgIpc) is 2.85. The van der Waals surface area contributed by atoms with Crippen LogP contribution in [0.5, 0.6) is 5.75 Å². The molecule has 0 saturated carbocycles. The fourth-order valence-corrected chi connectivity index (χ4v) is 4.23. The summed E-state index contributed by atoms with van der Waals surface area (Å²) in [6.45, 7) is 3.08. The molecule has 1 N–H and O–H groups in total. The molecule has 4 rings (SSSR count). The van der Waals surface area contributed by atoms with E-state index in [1.807, 2.05) is 42.5 Å². The molecule has 1 aliphatic heterocycles. The van der Waals surface area contributed by atoms with Crippen molar-refractivity contribution in [2.45, 2.75) is 18.9 Å². The van der Waals surface area contributed by atoms with E-state index in [9.17, 15) is 9.18 Å². The third-order valence-electron chi connectivity index (χ3n) is 5.98. The van der Waals surface area contributed by atoms with Gasteiger partial charge in [-0.3, -0.25) is 14.7 Å². The number of carbonyl (C=O) groups is 1. The first-order chi connectivity index (χ1) is 16.1. The summed E-state index contributed by atoms with van der Waals surface area (Å²) in [5.41, 5.74) is 1.16. The molecule has 0 unspecified atom stereocenters. The molecule has 0 bridgehead atoms. The quantitative estimate of drug-likeness (QED) is 0.513. The van der Waals surface area contributed by atoms with Gasteiger partial charge in [0, 0.05) is 29.2 Å². The summed E-state index contributed by atoms with van der Waals surface area (Å²) in [5, 5.41) is 3.65. The number of ether oxygens (including phenoxy) is 1. The second kappa shape index (κ2) is 11.3. The van der Waals surface area contributed by atoms with Crippen LogP contribution in [0.3, 0.4) is 0 Å². The predicted octanol–water partition coefficient (Wildman–Crippen LogP) is 4.87. The molecule has 33 heavy (non-hydrogen) atoms. The molecule has 1 saturated heterocycles. The van der Waals surface area contributed by atoms with Crippen molar-refractivity contribution in [2.75, 3.05) is 26.2 Å². The zero-order valence-electron chi connectivity index (χ0n) is 18.3. The Balaban J connectivity index is 1.34. The number of nitrogens with zero attached hydrogens (tertiary/aromatic N) is 2. The Morgan fingerprint density at radius 1 is 1.12 bits per heavy atom. The Morgan fingerprint density at radius 2 is 1.85 bits per heavy atom. The molecule has 1 atom stereocenters. The van der Waals surface area contributed by atoms with Crippen LogP contribution in [-0.4, -0.2) is 42.0 Å². The lowest BCUT2D eigenvalue weighted by Gasteiger charge is -2.32. The van der Waals surface area contributed by atoms with Crippen LogP contribution in [0.15, 0.2) is 73.1 Å². The number of benzene rings is 2. The molecule has 7 heteroatoms. The molecule has 1 fully saturated rings. The minimum atomic E-state index is -0.602. The van der Waals surface area contributed by atoms with Gasteiger partial charge in [0.2, 0.25) is 5.91 Å². The highest BCUT2D eigenvalue weighted by Crippen LogP contribution is 2.27. The van der Waals surface area contributed by atoms with Crippen LogP contribution in [0.2, 0.25) is 5.02 Å². The number of hydrogen-bond donors (Lipinski definition) is 1. The van der Waals surface area contributed by atoms with Gasteiger partial charge in [-0.1, -0.05) is 41.9 Å². The number of likely N-dealkylation sites (tertiary alicyclic amines) is 1. The van der Waals surface area contributed by atoms with E-state index < -0.39 is 11.9 Å². The monoisotopic (exact) mass is 467 g/mol. The van der Waals surface area contributed by atoms with Crippen molar-refractivity contribution in [3.8, 4) is 5.75 Å². The molecule has 0 aliphatic carbocycles. The van der Waals surface area contributed by atoms with E-state index in [-0.39, 0.29) is 11.8 Å². The molecule has 0 spiro atoms. The molecule has 1 amide bonds. The Hall–Kier alpha value is -2.96. The number of halogens is 2. The maximum absolute atomic E-state index is 14.5. The summed E-state index contributed by atoms with van der Waals surface area (Å²) in [4.78, 5) is 19.3. The summed E-state index contributed by atoms with van der Waals surface area (Å²) in [7, 11) is 0. The largest absolute Gasteiger partial charge is 0.492 e. The van der Waals surface area contributed by atoms with Crippen molar-refractivity contribution in [3.63, 3.8) is 0 Å². The lowest BCUT2D eigenvalue weighted by molar-refractivity contribution is -0.127. The van der Waals surface area contributed by atoms with Gasteiger partial charge < -0.3 is 10.1 Å². The van der Waals surface area contributed by atoms with Gasteiger partial charge in [-0.15, -0.1) is 0 Å². The van der Waals surface area contributed by atoms with Crippen LogP contribution in [0.4, 0.5) is 4.39 Å². The number of para-hydroxylation sites is 1. The fraction of sp³-hybridized carbons (Fsp3) is 0.308. The number of aromatic nitrogens is 1. The minimum Gasteiger partial charge on any atom is -0.492 e. The van der Waals surface area contributed by atoms with Gasteiger partial charge in [-0.25, -0.2) is 4.39 Å². The van der Waals surface area contributed by atoms with Crippen molar-refractivity contribution in [1.82, 2.24) is 15.2 Å². The molecule has 1 aliphatic rings. The normalized spacial score (nSPS) is 15.7. The van der Waals surface area contributed by atoms with Crippen LogP contribution in [-0.2, 0) is 4.79 Å². The second-order valence-corrected chi connectivity index (χ2v) is 8.60. The number of carbonyl (C=O) groups excluding carboxylic acids is 1. The van der Waals surface area contributed by atoms with Gasteiger partial charge >= 0.3 is 0 Å². The minimum absolute atomic E-state index is 0.0636. The molecule has 5 nitrogen and oxygen atoms in total. The zero-order valence-corrected chi connectivity index (χ0v) is 19.0. The molecule has 0 radical (unpaired) electrons. The average molecular weight is 468 g/mol. The highest BCUT2D eigenvalue weighted by Gasteiger charge is 2.28. The van der Waals surface area contributed by atoms with Crippen LogP contribution in [0, 0.1) is 11.7 Å². The first kappa shape index (κ1) is 23.2. The van der Waals surface area contributed by atoms with Gasteiger partial charge in [0.05, 0.1) is 12.2 Å². The lowest BCUT2D eigenvalue weighted by atomic mass is 9.93. The van der Waals surface area contributed by atoms with Crippen molar-refractivity contribution in [1.29, 1.82) is 0 Å². The molecular weight excluding hydrogens is 441 g/mol. The Morgan fingerprint density at radius 3 is 2.55 bits per heavy atom. The highest BCUT2D eigenvalue weighted by molar-refractivity contribution is 6.30. The Kier molecular flexibility index (Phi) is 7.92. The zero-order chi connectivity index (χ0) is 23.0. The SMILES string of the molecule is O=C(N[C@H](c1ccc(Cl)cc1)c1ccncc1F)C1CCN(CCOc2ccccc2)CC1. The maximum atomic E-state index is 14.5. The number of pyridine rings is 1. The van der Waals surface area contributed by atoms with Gasteiger partial charge in [-0.2, -0.15) is 0 Å². The number of piperidine rings is 1. The van der Waals surface area contributed by atoms with Crippen molar-refractivity contribution in [3.05, 3.63) is 95.0 Å². The molecule has 172 valence electrons. The van der Waals surface area contributed by atoms with E-state index >= 15 is 0 Å². The number of hydrogen-bond acceptors (Lipinski definition) is 4. The van der Waals surface area contributed by atoms with Gasteiger partial charge in [0.15, 0.2) is 0 Å². The Labute approximate surface area is 198 Å². The topological polar surface area (TPSA) is 54.5 Å². The summed E-state index contributed by atoms with van der Waals surface area (Å²) < 4.78 is 20.3. The van der Waals surface area contributed by atoms with Crippen molar-refractivity contribution >= 4 is 17.5 Å². The van der Waals surface area contributed by atoms with Crippen molar-refractivity contribution in [2.24, 2.45) is 5.92 Å². The molecule has 3 aromatic rings. The number of nitrogens with one attached hydrogen (secondary N) is 1. The molecule has 2 heterocycles. The first-order valence-electron chi connectivity index (χ1n) is 11.2. The summed E-state index contributed by atoms with van der Waals surface area (Å²) in [6.07, 6.45) is 4.20. The van der Waals surface area contributed by atoms with Crippen LogP contribution in [0.25, 0.3) is 0 Å².